The minimum Gasteiger partial charge on any atom is -0.340 e. The third-order valence-corrected chi connectivity index (χ3v) is 2.75. The summed E-state index contributed by atoms with van der Waals surface area (Å²) in [5.41, 5.74) is 0. The van der Waals surface area contributed by atoms with Gasteiger partial charge in [0.2, 0.25) is 5.91 Å². The molecule has 0 aliphatic carbocycles. The van der Waals surface area contributed by atoms with Crippen LogP contribution in [0, 0.1) is 11.8 Å². The summed E-state index contributed by atoms with van der Waals surface area (Å²) in [6.45, 7) is 9.53. The Hall–Kier alpha value is -0.530. The second kappa shape index (κ2) is 3.46. The molecule has 12 heavy (non-hydrogen) atoms. The van der Waals surface area contributed by atoms with E-state index in [1.807, 2.05) is 4.90 Å². The fraction of sp³-hybridized carbons (Fsp3) is 0.900. The standard InChI is InChI=1S/C10H19NO/c1-7(2)9-5-10(12)11(6-9)8(3)4/h7-9H,5-6H2,1-4H3/t9-/m1/s1. The molecule has 1 rings (SSSR count). The van der Waals surface area contributed by atoms with E-state index in [1.165, 1.54) is 0 Å². The Morgan fingerprint density at radius 2 is 1.92 bits per heavy atom. The number of nitrogens with zero attached hydrogens (tertiary/aromatic N) is 1. The molecule has 0 aromatic carbocycles. The van der Waals surface area contributed by atoms with Gasteiger partial charge in [0.25, 0.3) is 0 Å². The summed E-state index contributed by atoms with van der Waals surface area (Å²) in [5, 5.41) is 0. The molecule has 1 heterocycles. The van der Waals surface area contributed by atoms with Gasteiger partial charge in [-0.2, -0.15) is 0 Å². The van der Waals surface area contributed by atoms with Crippen molar-refractivity contribution < 1.29 is 4.79 Å². The van der Waals surface area contributed by atoms with Gasteiger partial charge in [0.05, 0.1) is 0 Å². The minimum absolute atomic E-state index is 0.337. The molecule has 1 fully saturated rings. The normalized spacial score (nSPS) is 24.7. The molecular formula is C10H19NO. The first kappa shape index (κ1) is 9.56. The predicted octanol–water partition coefficient (Wildman–Crippen LogP) is 1.90. The maximum Gasteiger partial charge on any atom is 0.223 e. The van der Waals surface area contributed by atoms with Gasteiger partial charge in [-0.05, 0) is 25.7 Å². The van der Waals surface area contributed by atoms with E-state index in [2.05, 4.69) is 27.7 Å². The van der Waals surface area contributed by atoms with Crippen molar-refractivity contribution in [3.63, 3.8) is 0 Å². The lowest BCUT2D eigenvalue weighted by atomic mass is 9.95. The van der Waals surface area contributed by atoms with E-state index in [0.29, 0.717) is 23.8 Å². The molecule has 0 aromatic rings. The maximum absolute atomic E-state index is 11.5. The molecule has 0 radical (unpaired) electrons. The molecule has 1 amide bonds. The Balaban J connectivity index is 2.56. The molecule has 2 heteroatoms. The predicted molar refractivity (Wildman–Crippen MR) is 49.8 cm³/mol. The summed E-state index contributed by atoms with van der Waals surface area (Å²) in [6, 6.07) is 0.376. The Kier molecular flexibility index (Phi) is 2.76. The van der Waals surface area contributed by atoms with Crippen LogP contribution >= 0.6 is 0 Å². The zero-order valence-electron chi connectivity index (χ0n) is 8.50. The van der Waals surface area contributed by atoms with Gasteiger partial charge < -0.3 is 4.90 Å². The molecule has 0 spiro atoms. The molecule has 1 saturated heterocycles. The highest BCUT2D eigenvalue weighted by molar-refractivity contribution is 5.78. The SMILES string of the molecule is CC(C)[C@@H]1CC(=O)N(C(C)C)C1. The Labute approximate surface area is 74.9 Å². The number of hydrogen-bond acceptors (Lipinski definition) is 1. The lowest BCUT2D eigenvalue weighted by Gasteiger charge is -2.21. The molecule has 70 valence electrons. The summed E-state index contributed by atoms with van der Waals surface area (Å²) in [6.07, 6.45) is 0.760. The van der Waals surface area contributed by atoms with Crippen LogP contribution in [0.15, 0.2) is 0 Å². The van der Waals surface area contributed by atoms with Gasteiger partial charge >= 0.3 is 0 Å². The molecule has 0 saturated carbocycles. The van der Waals surface area contributed by atoms with E-state index in [-0.39, 0.29) is 0 Å². The molecule has 1 aliphatic rings. The van der Waals surface area contributed by atoms with Crippen molar-refractivity contribution in [2.75, 3.05) is 6.54 Å². The van der Waals surface area contributed by atoms with Crippen LogP contribution in [0.3, 0.4) is 0 Å². The number of amides is 1. The van der Waals surface area contributed by atoms with Crippen LogP contribution in [-0.2, 0) is 4.79 Å². The lowest BCUT2D eigenvalue weighted by molar-refractivity contribution is -0.129. The van der Waals surface area contributed by atoms with Crippen molar-refractivity contribution in [1.29, 1.82) is 0 Å². The third kappa shape index (κ3) is 1.79. The second-order valence-corrected chi connectivity index (χ2v) is 4.35. The Morgan fingerprint density at radius 1 is 1.33 bits per heavy atom. The average Bonchev–Trinajstić information content (AvgIpc) is 2.30. The molecule has 1 atom stereocenters. The first-order valence-electron chi connectivity index (χ1n) is 4.81. The Bertz CT molecular complexity index is 175. The van der Waals surface area contributed by atoms with Gasteiger partial charge in [-0.15, -0.1) is 0 Å². The lowest BCUT2D eigenvalue weighted by Crippen LogP contribution is -2.32. The largest absolute Gasteiger partial charge is 0.340 e. The van der Waals surface area contributed by atoms with Gasteiger partial charge in [0.1, 0.15) is 0 Å². The van der Waals surface area contributed by atoms with Gasteiger partial charge in [-0.3, -0.25) is 4.79 Å². The van der Waals surface area contributed by atoms with E-state index in [9.17, 15) is 4.79 Å². The van der Waals surface area contributed by atoms with Crippen molar-refractivity contribution in [1.82, 2.24) is 4.90 Å². The zero-order chi connectivity index (χ0) is 9.30. The molecule has 0 bridgehead atoms. The Morgan fingerprint density at radius 3 is 2.17 bits per heavy atom. The van der Waals surface area contributed by atoms with Crippen molar-refractivity contribution in [3.8, 4) is 0 Å². The zero-order valence-corrected chi connectivity index (χ0v) is 8.50. The van der Waals surface area contributed by atoms with Gasteiger partial charge in [0, 0.05) is 19.0 Å². The van der Waals surface area contributed by atoms with E-state index in [0.717, 1.165) is 13.0 Å². The monoisotopic (exact) mass is 169 g/mol. The fourth-order valence-electron chi connectivity index (χ4n) is 1.71. The van der Waals surface area contributed by atoms with Crippen LogP contribution in [0.2, 0.25) is 0 Å². The summed E-state index contributed by atoms with van der Waals surface area (Å²) in [7, 11) is 0. The number of carbonyl (C=O) groups is 1. The van der Waals surface area contributed by atoms with Gasteiger partial charge in [-0.25, -0.2) is 0 Å². The van der Waals surface area contributed by atoms with E-state index in [1.54, 1.807) is 0 Å². The molecule has 2 nitrogen and oxygen atoms in total. The van der Waals surface area contributed by atoms with Crippen LogP contribution in [0.5, 0.6) is 0 Å². The molecule has 0 N–H and O–H groups in total. The molecule has 0 unspecified atom stereocenters. The van der Waals surface area contributed by atoms with Crippen LogP contribution in [0.25, 0.3) is 0 Å². The first-order chi connectivity index (χ1) is 5.52. The van der Waals surface area contributed by atoms with Crippen molar-refractivity contribution >= 4 is 5.91 Å². The number of hydrogen-bond donors (Lipinski definition) is 0. The fourth-order valence-corrected chi connectivity index (χ4v) is 1.71. The van der Waals surface area contributed by atoms with Gasteiger partial charge in [-0.1, -0.05) is 13.8 Å². The van der Waals surface area contributed by atoms with Gasteiger partial charge in [0.15, 0.2) is 0 Å². The number of likely N-dealkylation sites (tertiary alicyclic amines) is 1. The molecular weight excluding hydrogens is 150 g/mol. The number of rotatable bonds is 2. The highest BCUT2D eigenvalue weighted by Gasteiger charge is 2.32. The van der Waals surface area contributed by atoms with Crippen molar-refractivity contribution in [2.24, 2.45) is 11.8 Å². The average molecular weight is 169 g/mol. The number of carbonyl (C=O) groups excluding carboxylic acids is 1. The smallest absolute Gasteiger partial charge is 0.223 e. The van der Waals surface area contributed by atoms with Crippen LogP contribution in [-0.4, -0.2) is 23.4 Å². The minimum atomic E-state index is 0.337. The summed E-state index contributed by atoms with van der Waals surface area (Å²) >= 11 is 0. The van der Waals surface area contributed by atoms with E-state index in [4.69, 9.17) is 0 Å². The molecule has 0 aromatic heterocycles. The van der Waals surface area contributed by atoms with Crippen LogP contribution < -0.4 is 0 Å². The van der Waals surface area contributed by atoms with Crippen molar-refractivity contribution in [2.45, 2.75) is 40.2 Å². The summed E-state index contributed by atoms with van der Waals surface area (Å²) < 4.78 is 0. The second-order valence-electron chi connectivity index (χ2n) is 4.35. The summed E-state index contributed by atoms with van der Waals surface area (Å²) in [5.74, 6) is 1.56. The first-order valence-corrected chi connectivity index (χ1v) is 4.81. The molecule has 1 aliphatic heterocycles. The topological polar surface area (TPSA) is 20.3 Å². The van der Waals surface area contributed by atoms with E-state index < -0.39 is 0 Å². The highest BCUT2D eigenvalue weighted by atomic mass is 16.2. The summed E-state index contributed by atoms with van der Waals surface area (Å²) in [4.78, 5) is 13.4. The van der Waals surface area contributed by atoms with Crippen molar-refractivity contribution in [3.05, 3.63) is 0 Å². The quantitative estimate of drug-likeness (QED) is 0.618. The van der Waals surface area contributed by atoms with Crippen LogP contribution in [0.4, 0.5) is 0 Å². The van der Waals surface area contributed by atoms with Crippen LogP contribution in [0.1, 0.15) is 34.1 Å². The van der Waals surface area contributed by atoms with E-state index >= 15 is 0 Å². The highest BCUT2D eigenvalue weighted by Crippen LogP contribution is 2.25. The maximum atomic E-state index is 11.5. The third-order valence-electron chi connectivity index (χ3n) is 2.75.